The predicted octanol–water partition coefficient (Wildman–Crippen LogP) is 3.44. The number of nitrogens with zero attached hydrogens (tertiary/aromatic N) is 1. The number of halogens is 1. The average Bonchev–Trinajstić information content (AvgIpc) is 2.37. The van der Waals surface area contributed by atoms with Gasteiger partial charge < -0.3 is 15.8 Å². The van der Waals surface area contributed by atoms with Crippen LogP contribution in [0.2, 0.25) is 0 Å². The van der Waals surface area contributed by atoms with Gasteiger partial charge in [-0.15, -0.1) is 24.0 Å². The average molecular weight is 397 g/mol. The second kappa shape index (κ2) is 11.6. The van der Waals surface area contributed by atoms with Gasteiger partial charge in [-0.25, -0.2) is 0 Å². The molecule has 0 aliphatic heterocycles. The molecule has 3 N–H and O–H groups in total. The quantitative estimate of drug-likeness (QED) is 0.257. The first-order valence-electron chi connectivity index (χ1n) is 7.81. The lowest BCUT2D eigenvalue weighted by atomic mass is 9.80. The smallest absolute Gasteiger partial charge is 0.188 e. The van der Waals surface area contributed by atoms with Gasteiger partial charge in [0, 0.05) is 13.7 Å². The monoisotopic (exact) mass is 397 g/mol. The molecule has 0 heterocycles. The van der Waals surface area contributed by atoms with Crippen LogP contribution >= 0.6 is 24.0 Å². The lowest BCUT2D eigenvalue weighted by molar-refractivity contribution is -0.0630. The number of unbranched alkanes of at least 4 members (excludes halogenated alkanes) is 5. The van der Waals surface area contributed by atoms with Crippen molar-refractivity contribution >= 4 is 29.9 Å². The van der Waals surface area contributed by atoms with Gasteiger partial charge in [0.15, 0.2) is 5.96 Å². The molecule has 0 aromatic rings. The number of guanidine groups is 1. The Labute approximate surface area is 141 Å². The van der Waals surface area contributed by atoms with E-state index in [-0.39, 0.29) is 29.6 Å². The number of methoxy groups -OCH3 is 1. The van der Waals surface area contributed by atoms with Gasteiger partial charge in [0.05, 0.1) is 12.1 Å². The number of nitrogens with two attached hydrogens (primary N) is 1. The molecule has 1 aliphatic carbocycles. The zero-order valence-electron chi connectivity index (χ0n) is 13.1. The van der Waals surface area contributed by atoms with Gasteiger partial charge in [0.2, 0.25) is 0 Å². The zero-order chi connectivity index (χ0) is 14.0. The Balaban J connectivity index is 0.00000361. The highest BCUT2D eigenvalue weighted by molar-refractivity contribution is 14.0. The topological polar surface area (TPSA) is 59.6 Å². The molecule has 0 aromatic carbocycles. The maximum Gasteiger partial charge on any atom is 0.188 e. The van der Waals surface area contributed by atoms with Crippen molar-refractivity contribution in [2.45, 2.75) is 70.3 Å². The third kappa shape index (κ3) is 7.67. The lowest BCUT2D eigenvalue weighted by Gasteiger charge is -2.39. The van der Waals surface area contributed by atoms with E-state index in [0.29, 0.717) is 12.5 Å². The van der Waals surface area contributed by atoms with Crippen molar-refractivity contribution in [3.05, 3.63) is 0 Å². The summed E-state index contributed by atoms with van der Waals surface area (Å²) < 4.78 is 5.51. The van der Waals surface area contributed by atoms with Crippen molar-refractivity contribution in [1.82, 2.24) is 5.32 Å². The van der Waals surface area contributed by atoms with Crippen LogP contribution in [-0.4, -0.2) is 31.8 Å². The van der Waals surface area contributed by atoms with Gasteiger partial charge in [-0.1, -0.05) is 39.0 Å². The minimum Gasteiger partial charge on any atom is -0.376 e. The van der Waals surface area contributed by atoms with Gasteiger partial charge >= 0.3 is 0 Å². The van der Waals surface area contributed by atoms with Crippen LogP contribution in [0.4, 0.5) is 0 Å². The van der Waals surface area contributed by atoms with Gasteiger partial charge in [0.1, 0.15) is 0 Å². The van der Waals surface area contributed by atoms with Crippen LogP contribution in [0.15, 0.2) is 4.99 Å². The zero-order valence-corrected chi connectivity index (χ0v) is 15.4. The third-order valence-corrected chi connectivity index (χ3v) is 4.07. The van der Waals surface area contributed by atoms with Gasteiger partial charge in [-0.3, -0.25) is 4.99 Å². The number of hydrogen-bond acceptors (Lipinski definition) is 2. The Morgan fingerprint density at radius 3 is 2.40 bits per heavy atom. The van der Waals surface area contributed by atoms with E-state index in [1.165, 1.54) is 44.9 Å². The second-order valence-electron chi connectivity index (χ2n) is 5.64. The van der Waals surface area contributed by atoms with E-state index in [0.717, 1.165) is 19.4 Å². The maximum absolute atomic E-state index is 5.86. The maximum atomic E-state index is 5.86. The van der Waals surface area contributed by atoms with Crippen LogP contribution in [0, 0.1) is 0 Å². The summed E-state index contributed by atoms with van der Waals surface area (Å²) in [7, 11) is 1.77. The minimum absolute atomic E-state index is 0. The summed E-state index contributed by atoms with van der Waals surface area (Å²) >= 11 is 0. The fraction of sp³-hybridized carbons (Fsp3) is 0.933. The van der Waals surface area contributed by atoms with Gasteiger partial charge in [-0.05, 0) is 25.7 Å². The van der Waals surface area contributed by atoms with E-state index in [9.17, 15) is 0 Å². The number of aliphatic imine (C=N–C) groups is 1. The molecule has 120 valence electrons. The molecular weight excluding hydrogens is 365 g/mol. The van der Waals surface area contributed by atoms with Crippen molar-refractivity contribution in [2.24, 2.45) is 10.7 Å². The molecule has 20 heavy (non-hydrogen) atoms. The SMILES string of the molecule is CCCCCCCCNC(N)=NCC1(OC)CCC1.I. The van der Waals surface area contributed by atoms with E-state index < -0.39 is 0 Å². The molecule has 0 unspecified atom stereocenters. The van der Waals surface area contributed by atoms with E-state index in [1.807, 2.05) is 0 Å². The molecule has 1 saturated carbocycles. The normalized spacial score (nSPS) is 17.2. The van der Waals surface area contributed by atoms with Gasteiger partial charge in [-0.2, -0.15) is 0 Å². The van der Waals surface area contributed by atoms with E-state index in [4.69, 9.17) is 10.5 Å². The van der Waals surface area contributed by atoms with E-state index in [2.05, 4.69) is 17.2 Å². The van der Waals surface area contributed by atoms with Crippen molar-refractivity contribution in [1.29, 1.82) is 0 Å². The largest absolute Gasteiger partial charge is 0.376 e. The molecule has 0 radical (unpaired) electrons. The standard InChI is InChI=1S/C15H31N3O.HI/c1-3-4-5-6-7-8-12-17-14(16)18-13-15(19-2)10-9-11-15;/h3-13H2,1-2H3,(H3,16,17,18);1H. The first-order valence-corrected chi connectivity index (χ1v) is 7.81. The molecule has 0 bridgehead atoms. The van der Waals surface area contributed by atoms with Gasteiger partial charge in [0.25, 0.3) is 0 Å². The van der Waals surface area contributed by atoms with E-state index >= 15 is 0 Å². The molecule has 4 nitrogen and oxygen atoms in total. The number of rotatable bonds is 10. The molecule has 0 atom stereocenters. The predicted molar refractivity (Wildman–Crippen MR) is 96.9 cm³/mol. The summed E-state index contributed by atoms with van der Waals surface area (Å²) in [5.41, 5.74) is 5.84. The van der Waals surface area contributed by atoms with Crippen LogP contribution in [0.3, 0.4) is 0 Å². The molecule has 0 aromatic heterocycles. The fourth-order valence-corrected chi connectivity index (χ4v) is 2.40. The second-order valence-corrected chi connectivity index (χ2v) is 5.64. The van der Waals surface area contributed by atoms with Crippen LogP contribution < -0.4 is 11.1 Å². The Morgan fingerprint density at radius 2 is 1.85 bits per heavy atom. The van der Waals surface area contributed by atoms with Crippen LogP contribution in [0.25, 0.3) is 0 Å². The van der Waals surface area contributed by atoms with Crippen LogP contribution in [0.5, 0.6) is 0 Å². The number of ether oxygens (including phenoxy) is 1. The highest BCUT2D eigenvalue weighted by atomic mass is 127. The Morgan fingerprint density at radius 1 is 1.20 bits per heavy atom. The lowest BCUT2D eigenvalue weighted by Crippen LogP contribution is -2.43. The van der Waals surface area contributed by atoms with Crippen molar-refractivity contribution in [3.8, 4) is 0 Å². The fourth-order valence-electron chi connectivity index (χ4n) is 2.40. The Bertz CT molecular complexity index is 262. The summed E-state index contributed by atoms with van der Waals surface area (Å²) in [6.45, 7) is 3.87. The molecule has 1 fully saturated rings. The number of nitrogens with one attached hydrogen (secondary N) is 1. The molecule has 0 spiro atoms. The Kier molecular flexibility index (Phi) is 11.6. The summed E-state index contributed by atoms with van der Waals surface area (Å²) in [4.78, 5) is 4.39. The minimum atomic E-state index is -0.0214. The Hall–Kier alpha value is -0.0400. The molecule has 0 saturated heterocycles. The third-order valence-electron chi connectivity index (χ3n) is 4.07. The highest BCUT2D eigenvalue weighted by Gasteiger charge is 2.36. The number of hydrogen-bond donors (Lipinski definition) is 2. The summed E-state index contributed by atoms with van der Waals surface area (Å²) in [6.07, 6.45) is 11.3. The van der Waals surface area contributed by atoms with Crippen LogP contribution in [0.1, 0.15) is 64.7 Å². The summed E-state index contributed by atoms with van der Waals surface area (Å²) in [6, 6.07) is 0. The summed E-state index contributed by atoms with van der Waals surface area (Å²) in [5, 5.41) is 3.19. The van der Waals surface area contributed by atoms with Crippen molar-refractivity contribution < 1.29 is 4.74 Å². The first-order chi connectivity index (χ1) is 9.22. The molecule has 0 amide bonds. The van der Waals surface area contributed by atoms with Crippen LogP contribution in [-0.2, 0) is 4.74 Å². The molecular formula is C15H32IN3O. The van der Waals surface area contributed by atoms with Crippen molar-refractivity contribution in [3.63, 3.8) is 0 Å². The first kappa shape index (κ1) is 20.0. The highest BCUT2D eigenvalue weighted by Crippen LogP contribution is 2.35. The molecule has 5 heteroatoms. The molecule has 1 rings (SSSR count). The van der Waals surface area contributed by atoms with E-state index in [1.54, 1.807) is 7.11 Å². The molecule has 1 aliphatic rings. The summed E-state index contributed by atoms with van der Waals surface area (Å²) in [5.74, 6) is 0.567. The van der Waals surface area contributed by atoms with Crippen molar-refractivity contribution in [2.75, 3.05) is 20.2 Å².